The van der Waals surface area contributed by atoms with E-state index in [-0.39, 0.29) is 5.91 Å². The van der Waals surface area contributed by atoms with Crippen molar-refractivity contribution in [2.24, 2.45) is 0 Å². The summed E-state index contributed by atoms with van der Waals surface area (Å²) in [7, 11) is 0. The van der Waals surface area contributed by atoms with Crippen LogP contribution in [0.3, 0.4) is 0 Å². The van der Waals surface area contributed by atoms with E-state index in [1.54, 1.807) is 36.6 Å². The van der Waals surface area contributed by atoms with Crippen LogP contribution in [-0.4, -0.2) is 11.4 Å². The van der Waals surface area contributed by atoms with Crippen molar-refractivity contribution < 1.29 is 13.9 Å². The van der Waals surface area contributed by atoms with E-state index in [4.69, 9.17) is 9.15 Å². The highest BCUT2D eigenvalue weighted by Crippen LogP contribution is 2.14. The quantitative estimate of drug-likeness (QED) is 0.864. The molecule has 1 heterocycles. The average Bonchev–Trinajstić information content (AvgIpc) is 2.90. The lowest BCUT2D eigenvalue weighted by Gasteiger charge is -2.06. The Balaban J connectivity index is 1.97. The number of alkyl halides is 1. The molecule has 0 fully saturated rings. The van der Waals surface area contributed by atoms with Crippen molar-refractivity contribution in [2.75, 3.05) is 5.52 Å². The second kappa shape index (κ2) is 6.26. The van der Waals surface area contributed by atoms with Gasteiger partial charge < -0.3 is 14.5 Å². The normalized spacial score (nSPS) is 10.1. The molecule has 4 nitrogen and oxygen atoms in total. The van der Waals surface area contributed by atoms with Crippen LogP contribution in [0.15, 0.2) is 47.1 Å². The van der Waals surface area contributed by atoms with E-state index in [0.717, 1.165) is 5.76 Å². The predicted molar refractivity (Wildman–Crippen MR) is 70.7 cm³/mol. The topological polar surface area (TPSA) is 51.5 Å². The first-order valence-electron chi connectivity index (χ1n) is 5.39. The summed E-state index contributed by atoms with van der Waals surface area (Å²) in [6.07, 6.45) is 1.58. The summed E-state index contributed by atoms with van der Waals surface area (Å²) in [4.78, 5) is 11.9. The van der Waals surface area contributed by atoms with Crippen LogP contribution in [0, 0.1) is 0 Å². The smallest absolute Gasteiger partial charge is 0.251 e. The third-order valence-electron chi connectivity index (χ3n) is 2.32. The minimum absolute atomic E-state index is 0.161. The monoisotopic (exact) mass is 309 g/mol. The number of carbonyl (C=O) groups is 1. The fourth-order valence-corrected chi connectivity index (χ4v) is 1.74. The number of hydrogen-bond donors (Lipinski definition) is 1. The molecule has 0 saturated carbocycles. The fourth-order valence-electron chi connectivity index (χ4n) is 1.47. The Morgan fingerprint density at radius 3 is 2.94 bits per heavy atom. The molecule has 0 radical (unpaired) electrons. The minimum Gasteiger partial charge on any atom is -0.482 e. The third kappa shape index (κ3) is 3.37. The molecule has 1 aromatic heterocycles. The van der Waals surface area contributed by atoms with Crippen molar-refractivity contribution in [1.29, 1.82) is 0 Å². The second-order valence-electron chi connectivity index (χ2n) is 3.54. The summed E-state index contributed by atoms with van der Waals surface area (Å²) in [5.41, 5.74) is 0.949. The van der Waals surface area contributed by atoms with Crippen LogP contribution in [0.5, 0.6) is 5.75 Å². The van der Waals surface area contributed by atoms with Crippen LogP contribution < -0.4 is 10.1 Å². The zero-order chi connectivity index (χ0) is 12.8. The van der Waals surface area contributed by atoms with Crippen molar-refractivity contribution in [1.82, 2.24) is 5.32 Å². The maximum atomic E-state index is 11.9. The van der Waals surface area contributed by atoms with Crippen LogP contribution >= 0.6 is 15.9 Å². The Bertz CT molecular complexity index is 511. The molecule has 18 heavy (non-hydrogen) atoms. The van der Waals surface area contributed by atoms with Gasteiger partial charge in [0.2, 0.25) is 0 Å². The van der Waals surface area contributed by atoms with E-state index in [2.05, 4.69) is 21.2 Å². The molecule has 0 aliphatic carbocycles. The lowest BCUT2D eigenvalue weighted by Crippen LogP contribution is -2.22. The number of benzene rings is 1. The van der Waals surface area contributed by atoms with Crippen molar-refractivity contribution in [3.05, 3.63) is 54.0 Å². The molecule has 1 aromatic carbocycles. The molecule has 94 valence electrons. The maximum Gasteiger partial charge on any atom is 0.251 e. The molecule has 0 aliphatic heterocycles. The molecule has 1 N–H and O–H groups in total. The highest BCUT2D eigenvalue weighted by atomic mass is 79.9. The predicted octanol–water partition coefficient (Wildman–Crippen LogP) is 2.94. The third-order valence-corrected chi connectivity index (χ3v) is 2.55. The van der Waals surface area contributed by atoms with Crippen molar-refractivity contribution in [3.63, 3.8) is 0 Å². The molecule has 0 aliphatic rings. The van der Waals surface area contributed by atoms with Gasteiger partial charge in [-0.25, -0.2) is 0 Å². The SMILES string of the molecule is O=C(NCc1ccco1)c1cccc(OCBr)c1. The number of nitrogens with one attached hydrogen (secondary N) is 1. The molecule has 0 bridgehead atoms. The number of furan rings is 1. The average molecular weight is 310 g/mol. The first kappa shape index (κ1) is 12.7. The summed E-state index contributed by atoms with van der Waals surface area (Å²) < 4.78 is 10.4. The maximum absolute atomic E-state index is 11.9. The Labute approximate surface area is 113 Å². The Hall–Kier alpha value is -1.75. The Kier molecular flexibility index (Phi) is 4.41. The van der Waals surface area contributed by atoms with E-state index >= 15 is 0 Å². The van der Waals surface area contributed by atoms with Crippen LogP contribution in [0.2, 0.25) is 0 Å². The van der Waals surface area contributed by atoms with Crippen molar-refractivity contribution in [3.8, 4) is 5.75 Å². The van der Waals surface area contributed by atoms with Gasteiger partial charge in [-0.15, -0.1) is 0 Å². The Morgan fingerprint density at radius 1 is 1.33 bits per heavy atom. The van der Waals surface area contributed by atoms with Gasteiger partial charge in [0.15, 0.2) is 0 Å². The molecule has 5 heteroatoms. The summed E-state index contributed by atoms with van der Waals surface area (Å²) in [5, 5.41) is 2.77. The van der Waals surface area contributed by atoms with Gasteiger partial charge in [-0.2, -0.15) is 0 Å². The van der Waals surface area contributed by atoms with Gasteiger partial charge >= 0.3 is 0 Å². The van der Waals surface area contributed by atoms with Gasteiger partial charge in [-0.3, -0.25) is 4.79 Å². The van der Waals surface area contributed by atoms with E-state index < -0.39 is 0 Å². The van der Waals surface area contributed by atoms with E-state index in [1.807, 2.05) is 6.07 Å². The van der Waals surface area contributed by atoms with Gasteiger partial charge in [0.25, 0.3) is 5.91 Å². The summed E-state index contributed by atoms with van der Waals surface area (Å²) in [5.74, 6) is 1.21. The van der Waals surface area contributed by atoms with E-state index in [1.165, 1.54) is 0 Å². The van der Waals surface area contributed by atoms with Crippen LogP contribution in [0.1, 0.15) is 16.1 Å². The Morgan fingerprint density at radius 2 is 2.22 bits per heavy atom. The second-order valence-corrected chi connectivity index (χ2v) is 4.00. The van der Waals surface area contributed by atoms with Crippen molar-refractivity contribution >= 4 is 21.8 Å². The molecule has 0 unspecified atom stereocenters. The molecule has 0 saturated heterocycles. The largest absolute Gasteiger partial charge is 0.482 e. The lowest BCUT2D eigenvalue weighted by atomic mass is 10.2. The molecule has 1 amide bonds. The standard InChI is InChI=1S/C13H12BrNO3/c14-9-18-11-4-1-3-10(7-11)13(16)15-8-12-5-2-6-17-12/h1-7H,8-9H2,(H,15,16). The zero-order valence-electron chi connectivity index (χ0n) is 9.56. The number of rotatable bonds is 5. The van der Waals surface area contributed by atoms with Gasteiger partial charge in [0.1, 0.15) is 17.0 Å². The molecular formula is C13H12BrNO3. The number of hydrogen-bond acceptors (Lipinski definition) is 3. The van der Waals surface area contributed by atoms with Gasteiger partial charge in [0.05, 0.1) is 12.8 Å². The van der Waals surface area contributed by atoms with E-state index in [9.17, 15) is 4.79 Å². The van der Waals surface area contributed by atoms with Crippen LogP contribution in [0.25, 0.3) is 0 Å². The van der Waals surface area contributed by atoms with Gasteiger partial charge in [-0.1, -0.05) is 6.07 Å². The fraction of sp³-hybridized carbons (Fsp3) is 0.154. The van der Waals surface area contributed by atoms with Crippen molar-refractivity contribution in [2.45, 2.75) is 6.54 Å². The first-order chi connectivity index (χ1) is 8.79. The minimum atomic E-state index is -0.161. The summed E-state index contributed by atoms with van der Waals surface area (Å²) in [6, 6.07) is 10.6. The number of amides is 1. The number of ether oxygens (including phenoxy) is 1. The number of halogens is 1. The number of carbonyl (C=O) groups excluding carboxylic acids is 1. The van der Waals surface area contributed by atoms with Crippen LogP contribution in [0.4, 0.5) is 0 Å². The molecule has 0 atom stereocenters. The molecular weight excluding hydrogens is 298 g/mol. The highest BCUT2D eigenvalue weighted by molar-refractivity contribution is 9.09. The molecule has 2 rings (SSSR count). The highest BCUT2D eigenvalue weighted by Gasteiger charge is 2.07. The summed E-state index contributed by atoms with van der Waals surface area (Å²) >= 11 is 3.17. The lowest BCUT2D eigenvalue weighted by molar-refractivity contribution is 0.0947. The van der Waals surface area contributed by atoms with Gasteiger partial charge in [0, 0.05) is 5.56 Å². The molecule has 2 aromatic rings. The van der Waals surface area contributed by atoms with E-state index in [0.29, 0.717) is 23.4 Å². The summed E-state index contributed by atoms with van der Waals surface area (Å²) in [6.45, 7) is 0.370. The molecule has 0 spiro atoms. The van der Waals surface area contributed by atoms with Crippen LogP contribution in [-0.2, 0) is 6.54 Å². The zero-order valence-corrected chi connectivity index (χ0v) is 11.1. The first-order valence-corrected chi connectivity index (χ1v) is 6.51. The van der Waals surface area contributed by atoms with Gasteiger partial charge in [-0.05, 0) is 46.3 Å².